The Morgan fingerprint density at radius 3 is 2.16 bits per heavy atom. The highest BCUT2D eigenvalue weighted by Crippen LogP contribution is 2.31. The van der Waals surface area contributed by atoms with E-state index in [1.165, 1.54) is 24.8 Å². The predicted molar refractivity (Wildman–Crippen MR) is 104 cm³/mol. The van der Waals surface area contributed by atoms with Gasteiger partial charge in [0.1, 0.15) is 18.5 Å². The number of ether oxygens (including phenoxy) is 5. The average Bonchev–Trinajstić information content (AvgIpc) is 2.95. The fourth-order valence-corrected chi connectivity index (χ4v) is 3.10. The maximum absolute atomic E-state index is 11.8. The number of rotatable bonds is 6. The van der Waals surface area contributed by atoms with Crippen LogP contribution in [-0.2, 0) is 47.7 Å². The van der Waals surface area contributed by atoms with Crippen LogP contribution in [0.2, 0.25) is 0 Å². The first-order valence-corrected chi connectivity index (χ1v) is 9.62. The van der Waals surface area contributed by atoms with Gasteiger partial charge in [0.05, 0.1) is 0 Å². The number of esters is 4. The maximum Gasteiger partial charge on any atom is 0.310 e. The number of aliphatic imine (C=N–C) groups is 1. The van der Waals surface area contributed by atoms with E-state index in [1.807, 2.05) is 0 Å². The van der Waals surface area contributed by atoms with Crippen LogP contribution in [0.4, 0.5) is 0 Å². The van der Waals surface area contributed by atoms with Crippen molar-refractivity contribution >= 4 is 35.8 Å². The Morgan fingerprint density at radius 2 is 1.62 bits per heavy atom. The molecule has 2 heterocycles. The molecule has 176 valence electrons. The summed E-state index contributed by atoms with van der Waals surface area (Å²) in [6.45, 7) is 5.69. The largest absolute Gasteiger partial charge is 0.463 e. The summed E-state index contributed by atoms with van der Waals surface area (Å²) in [5.41, 5.74) is 0. The minimum atomic E-state index is -1.17. The molecule has 1 N–H and O–H groups in total. The van der Waals surface area contributed by atoms with Gasteiger partial charge in [0, 0.05) is 41.2 Å². The number of amidine groups is 1. The van der Waals surface area contributed by atoms with Crippen molar-refractivity contribution in [3.8, 4) is 0 Å². The highest BCUT2D eigenvalue weighted by molar-refractivity contribution is 5.88. The van der Waals surface area contributed by atoms with Crippen LogP contribution in [-0.4, -0.2) is 78.4 Å². The van der Waals surface area contributed by atoms with Crippen molar-refractivity contribution < 1.29 is 47.7 Å². The summed E-state index contributed by atoms with van der Waals surface area (Å²) < 4.78 is 26.7. The molecule has 2 aliphatic heterocycles. The first kappa shape index (κ1) is 24.8. The monoisotopic (exact) mass is 455 g/mol. The summed E-state index contributed by atoms with van der Waals surface area (Å²) >= 11 is 0. The number of carbonyl (C=O) groups excluding carboxylic acids is 5. The zero-order chi connectivity index (χ0) is 24.0. The quantitative estimate of drug-likeness (QED) is 0.400. The molecule has 0 aliphatic carbocycles. The van der Waals surface area contributed by atoms with E-state index in [0.29, 0.717) is 0 Å². The molecule has 0 aromatic heterocycles. The lowest BCUT2D eigenvalue weighted by Gasteiger charge is -2.34. The zero-order valence-electron chi connectivity index (χ0n) is 18.3. The van der Waals surface area contributed by atoms with Crippen LogP contribution >= 0.6 is 0 Å². The fraction of sp³-hybridized carbons (Fsp3) is 0.579. The Labute approximate surface area is 183 Å². The molecule has 0 aromatic rings. The van der Waals surface area contributed by atoms with Crippen LogP contribution in [0.3, 0.4) is 0 Å². The summed E-state index contributed by atoms with van der Waals surface area (Å²) in [5.74, 6) is -2.91. The number of nitrogens with zero attached hydrogens (tertiary/aromatic N) is 2. The molecule has 2 rings (SSSR count). The van der Waals surface area contributed by atoms with Crippen molar-refractivity contribution in [2.45, 2.75) is 59.2 Å². The van der Waals surface area contributed by atoms with Crippen LogP contribution < -0.4 is 5.32 Å². The molecule has 0 saturated carbocycles. The summed E-state index contributed by atoms with van der Waals surface area (Å²) in [4.78, 5) is 63.1. The molecule has 0 bridgehead atoms. The summed E-state index contributed by atoms with van der Waals surface area (Å²) in [6.07, 6.45) is -2.90. The minimum Gasteiger partial charge on any atom is -0.463 e. The van der Waals surface area contributed by atoms with E-state index in [4.69, 9.17) is 23.7 Å². The lowest BCUT2D eigenvalue weighted by Crippen LogP contribution is -2.52. The molecular formula is C19H25N3O10. The van der Waals surface area contributed by atoms with Gasteiger partial charge in [-0.1, -0.05) is 0 Å². The van der Waals surface area contributed by atoms with Gasteiger partial charge in [0.2, 0.25) is 5.91 Å². The molecule has 0 radical (unpaired) electrons. The molecule has 13 heteroatoms. The van der Waals surface area contributed by atoms with Gasteiger partial charge in [-0.25, -0.2) is 0 Å². The van der Waals surface area contributed by atoms with Crippen LogP contribution in [0, 0.1) is 0 Å². The Bertz CT molecular complexity index is 852. The molecule has 1 amide bonds. The van der Waals surface area contributed by atoms with E-state index in [9.17, 15) is 24.0 Å². The smallest absolute Gasteiger partial charge is 0.310 e. The van der Waals surface area contributed by atoms with E-state index in [1.54, 1.807) is 0 Å². The van der Waals surface area contributed by atoms with E-state index < -0.39 is 48.4 Å². The van der Waals surface area contributed by atoms with Crippen LogP contribution in [0.1, 0.15) is 34.6 Å². The number of hydrogen-bond donors (Lipinski definition) is 1. The average molecular weight is 455 g/mol. The van der Waals surface area contributed by atoms with Crippen LogP contribution in [0.25, 0.3) is 0 Å². The second kappa shape index (κ2) is 10.7. The van der Waals surface area contributed by atoms with Gasteiger partial charge in [-0.15, -0.1) is 0 Å². The second-order valence-electron chi connectivity index (χ2n) is 6.93. The summed E-state index contributed by atoms with van der Waals surface area (Å²) in [5, 5.41) is 2.48. The Balaban J connectivity index is 2.40. The molecule has 0 unspecified atom stereocenters. The predicted octanol–water partition coefficient (Wildman–Crippen LogP) is -0.650. The third-order valence-electron chi connectivity index (χ3n) is 4.13. The van der Waals surface area contributed by atoms with E-state index in [2.05, 4.69) is 10.3 Å². The number of hydrogen-bond acceptors (Lipinski definition) is 12. The lowest BCUT2D eigenvalue weighted by atomic mass is 10.1. The van der Waals surface area contributed by atoms with Gasteiger partial charge in [-0.05, 0) is 6.08 Å². The molecule has 32 heavy (non-hydrogen) atoms. The van der Waals surface area contributed by atoms with Crippen molar-refractivity contribution in [1.82, 2.24) is 10.2 Å². The molecule has 0 spiro atoms. The maximum atomic E-state index is 11.8. The van der Waals surface area contributed by atoms with Crippen LogP contribution in [0.5, 0.6) is 0 Å². The molecule has 4 atom stereocenters. The van der Waals surface area contributed by atoms with Crippen molar-refractivity contribution in [1.29, 1.82) is 0 Å². The Hall–Kier alpha value is -3.48. The third-order valence-corrected chi connectivity index (χ3v) is 4.13. The van der Waals surface area contributed by atoms with E-state index in [0.717, 1.165) is 20.8 Å². The fourth-order valence-electron chi connectivity index (χ4n) is 3.10. The highest BCUT2D eigenvalue weighted by atomic mass is 16.7. The summed E-state index contributed by atoms with van der Waals surface area (Å²) in [6, 6.07) is -0.236. The molecule has 13 nitrogen and oxygen atoms in total. The molecule has 2 aliphatic rings. The third kappa shape index (κ3) is 6.77. The zero-order valence-corrected chi connectivity index (χ0v) is 18.3. The van der Waals surface area contributed by atoms with E-state index >= 15 is 0 Å². The van der Waals surface area contributed by atoms with Crippen molar-refractivity contribution in [3.05, 3.63) is 11.9 Å². The van der Waals surface area contributed by atoms with Crippen LogP contribution in [0.15, 0.2) is 16.9 Å². The number of carbonyl (C=O) groups is 5. The van der Waals surface area contributed by atoms with Gasteiger partial charge in [-0.2, -0.15) is 4.99 Å². The first-order chi connectivity index (χ1) is 15.0. The van der Waals surface area contributed by atoms with E-state index in [-0.39, 0.29) is 30.9 Å². The number of amides is 1. The normalized spacial score (nSPS) is 24.6. The van der Waals surface area contributed by atoms with Crippen molar-refractivity contribution in [2.75, 3.05) is 13.2 Å². The Kier molecular flexibility index (Phi) is 8.29. The second-order valence-corrected chi connectivity index (χ2v) is 6.93. The minimum absolute atomic E-state index is 0.0250. The number of nitrogens with one attached hydrogen (secondary N) is 1. The lowest BCUT2D eigenvalue weighted by molar-refractivity contribution is -0.167. The van der Waals surface area contributed by atoms with Gasteiger partial charge >= 0.3 is 29.9 Å². The molecular weight excluding hydrogens is 430 g/mol. The summed E-state index contributed by atoms with van der Waals surface area (Å²) in [7, 11) is 0. The van der Waals surface area contributed by atoms with Gasteiger partial charge in [0.25, 0.3) is 0 Å². The van der Waals surface area contributed by atoms with Gasteiger partial charge in [0.15, 0.2) is 18.4 Å². The van der Waals surface area contributed by atoms with Gasteiger partial charge < -0.3 is 29.0 Å². The van der Waals surface area contributed by atoms with Gasteiger partial charge in [-0.3, -0.25) is 28.9 Å². The van der Waals surface area contributed by atoms with Crippen molar-refractivity contribution in [2.24, 2.45) is 4.99 Å². The SMILES string of the molecule is CC(=O)NC1=CCN([C@H]2O[C@@H](COC(C)=O)[C@@H](OC(C)=O)[C@@H]2OC(C)=O)C(OC(C)=O)=N1. The first-order valence-electron chi connectivity index (χ1n) is 9.62. The topological polar surface area (TPSA) is 159 Å². The molecule has 0 aromatic carbocycles. The highest BCUT2D eigenvalue weighted by Gasteiger charge is 2.53. The molecule has 1 fully saturated rings. The Morgan fingerprint density at radius 1 is 1.00 bits per heavy atom. The standard InChI is InChI=1S/C19H25N3O10/c1-9(23)20-15-6-7-22(19(21-15)31-13(5)27)18-17(30-12(4)26)16(29-11(3)25)14(32-18)8-28-10(2)24/h6,14,16-18H,7-8H2,1-5H3,(H,20,23)/t14-,16+,17-,18-/m0/s1. The van der Waals surface area contributed by atoms with Crippen molar-refractivity contribution in [3.63, 3.8) is 0 Å². The molecule has 1 saturated heterocycles.